The molecule has 0 fully saturated rings. The summed E-state index contributed by atoms with van der Waals surface area (Å²) in [5, 5.41) is 14.5. The Morgan fingerprint density at radius 1 is 1.08 bits per heavy atom. The first-order valence-electron chi connectivity index (χ1n) is 7.32. The van der Waals surface area contributed by atoms with Crippen LogP contribution in [0.15, 0.2) is 64.3 Å². The van der Waals surface area contributed by atoms with E-state index in [1.807, 2.05) is 36.4 Å². The lowest BCUT2D eigenvalue weighted by Gasteiger charge is -2.05. The number of nitrogens with zero attached hydrogens (tertiary/aromatic N) is 2. The third kappa shape index (κ3) is 2.13. The van der Waals surface area contributed by atoms with Crippen LogP contribution in [-0.4, -0.2) is 16.0 Å². The molecule has 2 aromatic carbocycles. The number of fused-ring (bicyclic) bond motifs is 2. The normalized spacial score (nSPS) is 12.1. The highest BCUT2D eigenvalue weighted by atomic mass is 16.4. The number of hydrogen-bond acceptors (Lipinski definition) is 5. The Balaban J connectivity index is 1.93. The zero-order chi connectivity index (χ0) is 16.7. The van der Waals surface area contributed by atoms with Crippen LogP contribution in [0, 0.1) is 0 Å². The van der Waals surface area contributed by atoms with E-state index in [-0.39, 0.29) is 5.84 Å². The summed E-state index contributed by atoms with van der Waals surface area (Å²) in [5.74, 6) is 1.23. The minimum atomic E-state index is 0.0549. The van der Waals surface area contributed by atoms with Gasteiger partial charge in [-0.1, -0.05) is 29.4 Å². The fourth-order valence-corrected chi connectivity index (χ4v) is 2.80. The lowest BCUT2D eigenvalue weighted by atomic mass is 10.0. The van der Waals surface area contributed by atoms with Crippen molar-refractivity contribution in [3.05, 3.63) is 60.3 Å². The third-order valence-corrected chi connectivity index (χ3v) is 4.01. The summed E-state index contributed by atoms with van der Waals surface area (Å²) in [6.45, 7) is 0. The van der Waals surface area contributed by atoms with Gasteiger partial charge in [-0.3, -0.25) is 0 Å². The van der Waals surface area contributed by atoms with Crippen molar-refractivity contribution in [2.75, 3.05) is 5.73 Å². The molecule has 0 saturated carbocycles. The quantitative estimate of drug-likeness (QED) is 0.227. The number of furan rings is 1. The van der Waals surface area contributed by atoms with Crippen LogP contribution >= 0.6 is 0 Å². The maximum Gasteiger partial charge on any atom is 0.170 e. The van der Waals surface area contributed by atoms with Crippen LogP contribution in [0.4, 0.5) is 5.82 Å². The van der Waals surface area contributed by atoms with E-state index >= 15 is 0 Å². The first-order chi connectivity index (χ1) is 11.7. The molecule has 0 spiro atoms. The topological polar surface area (TPSA) is 111 Å². The summed E-state index contributed by atoms with van der Waals surface area (Å²) < 4.78 is 5.95. The van der Waals surface area contributed by atoms with Crippen LogP contribution in [0.25, 0.3) is 33.1 Å². The molecule has 0 atom stereocenters. The van der Waals surface area contributed by atoms with E-state index < -0.39 is 0 Å². The van der Waals surface area contributed by atoms with Gasteiger partial charge in [0.25, 0.3) is 0 Å². The second-order valence-electron chi connectivity index (χ2n) is 5.45. The second-order valence-corrected chi connectivity index (χ2v) is 5.45. The van der Waals surface area contributed by atoms with Crippen LogP contribution in [0.5, 0.6) is 0 Å². The molecule has 5 N–H and O–H groups in total. The van der Waals surface area contributed by atoms with Crippen LogP contribution < -0.4 is 11.5 Å². The number of aromatic nitrogens is 1. The summed E-state index contributed by atoms with van der Waals surface area (Å²) in [5.41, 5.74) is 13.8. The maximum absolute atomic E-state index is 8.81. The van der Waals surface area contributed by atoms with E-state index in [0.717, 1.165) is 21.7 Å². The summed E-state index contributed by atoms with van der Waals surface area (Å²) in [4.78, 5) is 4.26. The summed E-state index contributed by atoms with van der Waals surface area (Å²) in [6, 6.07) is 15.0. The molecule has 4 rings (SSSR count). The van der Waals surface area contributed by atoms with E-state index in [9.17, 15) is 0 Å². The SMILES string of the molecule is NC(=NO)c1ccc2oc(-c3cnc(N)c4ccccc34)cc2c1. The fraction of sp³-hybridized carbons (Fsp3) is 0. The van der Waals surface area contributed by atoms with Crippen molar-refractivity contribution in [2.45, 2.75) is 0 Å². The summed E-state index contributed by atoms with van der Waals surface area (Å²) >= 11 is 0. The number of nitrogen functional groups attached to an aromatic ring is 1. The molecule has 0 aliphatic carbocycles. The molecular formula is C18H14N4O2. The standard InChI is InChI=1S/C18H14N4O2/c19-17(22-23)10-5-6-15-11(7-10)8-16(24-15)14-9-21-18(20)13-4-2-1-3-12(13)14/h1-9,23H,(H2,19,22)(H2,20,21). The average Bonchev–Trinajstić information content (AvgIpc) is 3.04. The number of benzene rings is 2. The molecule has 0 unspecified atom stereocenters. The van der Waals surface area contributed by atoms with Gasteiger partial charge in [-0.2, -0.15) is 0 Å². The van der Waals surface area contributed by atoms with Crippen molar-refractivity contribution in [2.24, 2.45) is 10.9 Å². The van der Waals surface area contributed by atoms with Gasteiger partial charge >= 0.3 is 0 Å². The van der Waals surface area contributed by atoms with Crippen molar-refractivity contribution >= 4 is 33.4 Å². The van der Waals surface area contributed by atoms with Gasteiger partial charge in [0.05, 0.1) is 0 Å². The van der Waals surface area contributed by atoms with Crippen LogP contribution in [0.2, 0.25) is 0 Å². The molecule has 24 heavy (non-hydrogen) atoms. The van der Waals surface area contributed by atoms with Crippen LogP contribution in [0.1, 0.15) is 5.56 Å². The van der Waals surface area contributed by atoms with E-state index in [2.05, 4.69) is 10.1 Å². The molecule has 0 saturated heterocycles. The number of oxime groups is 1. The predicted octanol–water partition coefficient (Wildman–Crippen LogP) is 3.32. The van der Waals surface area contributed by atoms with Gasteiger partial charge in [0.2, 0.25) is 0 Å². The van der Waals surface area contributed by atoms with E-state index in [4.69, 9.17) is 21.1 Å². The predicted molar refractivity (Wildman–Crippen MR) is 93.9 cm³/mol. The number of hydrogen-bond donors (Lipinski definition) is 3. The van der Waals surface area contributed by atoms with Gasteiger partial charge in [0, 0.05) is 28.1 Å². The van der Waals surface area contributed by atoms with Gasteiger partial charge in [-0.25, -0.2) is 4.98 Å². The highest BCUT2D eigenvalue weighted by molar-refractivity contribution is 6.03. The van der Waals surface area contributed by atoms with Crippen molar-refractivity contribution in [1.82, 2.24) is 4.98 Å². The lowest BCUT2D eigenvalue weighted by molar-refractivity contribution is 0.318. The molecule has 118 valence electrons. The summed E-state index contributed by atoms with van der Waals surface area (Å²) in [7, 11) is 0. The Bertz CT molecular complexity index is 1100. The number of amidine groups is 1. The number of pyridine rings is 1. The smallest absolute Gasteiger partial charge is 0.170 e. The molecule has 2 heterocycles. The molecule has 2 aromatic heterocycles. The molecule has 0 aliphatic heterocycles. The molecule has 6 heteroatoms. The highest BCUT2D eigenvalue weighted by Gasteiger charge is 2.12. The minimum absolute atomic E-state index is 0.0549. The Labute approximate surface area is 137 Å². The summed E-state index contributed by atoms with van der Waals surface area (Å²) in [6.07, 6.45) is 1.71. The molecule has 0 bridgehead atoms. The number of nitrogens with two attached hydrogens (primary N) is 2. The van der Waals surface area contributed by atoms with Gasteiger partial charge in [-0.05, 0) is 29.7 Å². The van der Waals surface area contributed by atoms with Gasteiger partial charge < -0.3 is 21.1 Å². The van der Waals surface area contributed by atoms with Crippen molar-refractivity contribution < 1.29 is 9.62 Å². The maximum atomic E-state index is 8.81. The Morgan fingerprint density at radius 3 is 2.67 bits per heavy atom. The highest BCUT2D eigenvalue weighted by Crippen LogP contribution is 2.34. The number of rotatable bonds is 2. The fourth-order valence-electron chi connectivity index (χ4n) is 2.80. The monoisotopic (exact) mass is 318 g/mol. The first-order valence-corrected chi connectivity index (χ1v) is 7.32. The minimum Gasteiger partial charge on any atom is -0.456 e. The Morgan fingerprint density at radius 2 is 1.88 bits per heavy atom. The molecule has 4 aromatic rings. The molecular weight excluding hydrogens is 304 g/mol. The third-order valence-electron chi connectivity index (χ3n) is 4.01. The molecule has 0 amide bonds. The van der Waals surface area contributed by atoms with E-state index in [1.54, 1.807) is 18.3 Å². The zero-order valence-electron chi connectivity index (χ0n) is 12.6. The zero-order valence-corrected chi connectivity index (χ0v) is 12.6. The Hall–Kier alpha value is -3.54. The largest absolute Gasteiger partial charge is 0.456 e. The Kier molecular flexibility index (Phi) is 3.09. The van der Waals surface area contributed by atoms with Crippen molar-refractivity contribution in [3.8, 4) is 11.3 Å². The van der Waals surface area contributed by atoms with Crippen molar-refractivity contribution in [1.29, 1.82) is 0 Å². The average molecular weight is 318 g/mol. The molecule has 0 aliphatic rings. The van der Waals surface area contributed by atoms with Crippen LogP contribution in [-0.2, 0) is 0 Å². The van der Waals surface area contributed by atoms with Gasteiger partial charge in [-0.15, -0.1) is 0 Å². The molecule has 6 nitrogen and oxygen atoms in total. The van der Waals surface area contributed by atoms with Gasteiger partial charge in [0.15, 0.2) is 5.84 Å². The van der Waals surface area contributed by atoms with Crippen LogP contribution in [0.3, 0.4) is 0 Å². The van der Waals surface area contributed by atoms with E-state index in [1.165, 1.54) is 0 Å². The lowest BCUT2D eigenvalue weighted by Crippen LogP contribution is -2.12. The molecule has 0 radical (unpaired) electrons. The van der Waals surface area contributed by atoms with Crippen molar-refractivity contribution in [3.63, 3.8) is 0 Å². The van der Waals surface area contributed by atoms with E-state index in [0.29, 0.717) is 22.7 Å². The number of anilines is 1. The van der Waals surface area contributed by atoms with Gasteiger partial charge in [0.1, 0.15) is 17.2 Å². The first kappa shape index (κ1) is 14.1. The second kappa shape index (κ2) is 5.27.